The van der Waals surface area contributed by atoms with E-state index >= 15 is 0 Å². The lowest BCUT2D eigenvalue weighted by atomic mass is 9.82. The topological polar surface area (TPSA) is 83.3 Å². The van der Waals surface area contributed by atoms with Gasteiger partial charge in [0.1, 0.15) is 6.04 Å². The molecule has 7 nitrogen and oxygen atoms in total. The maximum Gasteiger partial charge on any atom is 0.261 e. The predicted octanol–water partition coefficient (Wildman–Crippen LogP) is 4.14. The van der Waals surface area contributed by atoms with Crippen molar-refractivity contribution in [2.75, 3.05) is 20.1 Å². The summed E-state index contributed by atoms with van der Waals surface area (Å²) in [5.74, 6) is -1.33. The summed E-state index contributed by atoms with van der Waals surface area (Å²) in [5, 5.41) is 20.2. The zero-order valence-corrected chi connectivity index (χ0v) is 21.4. The molecule has 0 radical (unpaired) electrons. The average molecular weight is 534 g/mol. The maximum atomic E-state index is 13.6. The third-order valence-electron chi connectivity index (χ3n) is 7.66. The van der Waals surface area contributed by atoms with Crippen molar-refractivity contribution in [3.63, 3.8) is 0 Å². The zero-order chi connectivity index (χ0) is 26.2. The van der Waals surface area contributed by atoms with Crippen LogP contribution in [0.1, 0.15) is 54.5 Å². The highest BCUT2D eigenvalue weighted by Crippen LogP contribution is 2.39. The molecule has 1 aliphatic carbocycles. The molecular formula is C26H30F3N5O2S. The highest BCUT2D eigenvalue weighted by atomic mass is 32.1. The van der Waals surface area contributed by atoms with Gasteiger partial charge >= 0.3 is 0 Å². The highest BCUT2D eigenvalue weighted by molar-refractivity contribution is 7.03. The van der Waals surface area contributed by atoms with Gasteiger partial charge in [-0.1, -0.05) is 6.07 Å². The number of hydrogen-bond donors (Lipinski definition) is 2. The molecule has 198 valence electrons. The highest BCUT2D eigenvalue weighted by Gasteiger charge is 2.37. The molecule has 2 N–H and O–H groups in total. The Morgan fingerprint density at radius 2 is 2.08 bits per heavy atom. The number of likely N-dealkylation sites (tertiary alicyclic amines) is 1. The van der Waals surface area contributed by atoms with E-state index in [2.05, 4.69) is 26.9 Å². The number of alkyl halides is 2. The Kier molecular flexibility index (Phi) is 7.37. The van der Waals surface area contributed by atoms with Gasteiger partial charge in [-0.15, -0.1) is 5.10 Å². The molecule has 0 saturated carbocycles. The minimum atomic E-state index is -2.87. The molecule has 2 aromatic heterocycles. The summed E-state index contributed by atoms with van der Waals surface area (Å²) in [4.78, 5) is 14.3. The van der Waals surface area contributed by atoms with Crippen LogP contribution in [0.15, 0.2) is 35.8 Å². The Labute approximate surface area is 217 Å². The van der Waals surface area contributed by atoms with Gasteiger partial charge in [0.25, 0.3) is 6.43 Å². The molecule has 0 spiro atoms. The van der Waals surface area contributed by atoms with Gasteiger partial charge in [0.15, 0.2) is 0 Å². The number of benzene rings is 1. The van der Waals surface area contributed by atoms with Crippen LogP contribution < -0.4 is 5.32 Å². The molecule has 1 fully saturated rings. The molecule has 2 atom stereocenters. The Bertz CT molecular complexity index is 1240. The summed E-state index contributed by atoms with van der Waals surface area (Å²) < 4.78 is 45.7. The van der Waals surface area contributed by atoms with Crippen molar-refractivity contribution in [1.29, 1.82) is 0 Å². The number of carbonyl (C=O) groups is 1. The monoisotopic (exact) mass is 533 g/mol. The van der Waals surface area contributed by atoms with Crippen molar-refractivity contribution >= 4 is 17.4 Å². The van der Waals surface area contributed by atoms with Gasteiger partial charge in [0.2, 0.25) is 11.9 Å². The number of carbonyl (C=O) groups excluding carboxylic acids is 1. The third kappa shape index (κ3) is 5.44. The Balaban J connectivity index is 1.29. The number of aromatic nitrogens is 3. The average Bonchev–Trinajstić information content (AvgIpc) is 3.63. The van der Waals surface area contributed by atoms with Crippen LogP contribution in [-0.2, 0) is 17.6 Å². The van der Waals surface area contributed by atoms with Gasteiger partial charge in [-0.2, -0.15) is 8.76 Å². The summed E-state index contributed by atoms with van der Waals surface area (Å²) in [6.45, 7) is 0.518. The van der Waals surface area contributed by atoms with Crippen LogP contribution in [0.5, 0.6) is 0 Å². The zero-order valence-electron chi connectivity index (χ0n) is 20.5. The molecule has 3 heterocycles. The number of piperidine rings is 1. The van der Waals surface area contributed by atoms with Crippen LogP contribution in [0, 0.1) is 5.95 Å². The minimum Gasteiger partial charge on any atom is -0.389 e. The van der Waals surface area contributed by atoms with Crippen molar-refractivity contribution in [3.8, 4) is 11.3 Å². The first-order valence-electron chi connectivity index (χ1n) is 12.5. The van der Waals surface area contributed by atoms with Crippen molar-refractivity contribution in [1.82, 2.24) is 24.4 Å². The maximum absolute atomic E-state index is 13.6. The van der Waals surface area contributed by atoms with E-state index in [9.17, 15) is 23.1 Å². The Morgan fingerprint density at radius 1 is 1.30 bits per heavy atom. The molecule has 5 rings (SSSR count). The van der Waals surface area contributed by atoms with Crippen LogP contribution in [-0.4, -0.2) is 62.2 Å². The predicted molar refractivity (Wildman–Crippen MR) is 134 cm³/mol. The van der Waals surface area contributed by atoms with E-state index in [1.165, 1.54) is 27.6 Å². The Hall–Kier alpha value is -2.76. The van der Waals surface area contributed by atoms with Crippen LogP contribution in [0.4, 0.5) is 13.2 Å². The molecule has 1 aliphatic heterocycles. The smallest absolute Gasteiger partial charge is 0.261 e. The molecule has 37 heavy (non-hydrogen) atoms. The van der Waals surface area contributed by atoms with Gasteiger partial charge in [0, 0.05) is 48.8 Å². The molecule has 11 heteroatoms. The van der Waals surface area contributed by atoms with E-state index in [-0.39, 0.29) is 19.1 Å². The van der Waals surface area contributed by atoms with Gasteiger partial charge < -0.3 is 15.3 Å². The number of hydrogen-bond acceptors (Lipinski definition) is 6. The lowest BCUT2D eigenvalue weighted by Gasteiger charge is -2.39. The van der Waals surface area contributed by atoms with Gasteiger partial charge in [-0.05, 0) is 73.1 Å². The molecule has 1 aromatic carbocycles. The molecule has 0 bridgehead atoms. The summed E-state index contributed by atoms with van der Waals surface area (Å²) in [7, 11) is 1.95. The molecule has 1 amide bonds. The second-order valence-corrected chi connectivity index (χ2v) is 10.6. The van der Waals surface area contributed by atoms with Crippen LogP contribution >= 0.6 is 11.5 Å². The number of rotatable bonds is 8. The summed E-state index contributed by atoms with van der Waals surface area (Å²) in [5.41, 5.74) is 4.45. The summed E-state index contributed by atoms with van der Waals surface area (Å²) in [6, 6.07) is 6.09. The van der Waals surface area contributed by atoms with Crippen molar-refractivity contribution in [2.45, 2.75) is 62.6 Å². The number of nitrogens with one attached hydrogen (secondary N) is 1. The number of halogens is 3. The fourth-order valence-corrected chi connectivity index (χ4v) is 6.07. The molecular weight excluding hydrogens is 503 g/mol. The van der Waals surface area contributed by atoms with Crippen LogP contribution in [0.2, 0.25) is 0 Å². The fourth-order valence-electron chi connectivity index (χ4n) is 5.55. The lowest BCUT2D eigenvalue weighted by Crippen LogP contribution is -2.48. The standard InChI is InChI=1S/C26H30F3N5O2S/c1-30-20-3-2-16-12-19(21-5-11-37-32-21)17(13-18(16)20)15-26(36)6-9-33(10-7-26)24(35)14-22(25(28)29)34-8-4-23(27)31-34/h4-5,8,11-13,20,22,25,30,36H,2-3,6-7,9-10,14-15H2,1H3. The van der Waals surface area contributed by atoms with E-state index in [0.29, 0.717) is 19.3 Å². The van der Waals surface area contributed by atoms with E-state index in [1.807, 2.05) is 18.5 Å². The summed E-state index contributed by atoms with van der Waals surface area (Å²) in [6.07, 6.45) is 0.857. The summed E-state index contributed by atoms with van der Waals surface area (Å²) >= 11 is 1.39. The quantitative estimate of drug-likeness (QED) is 0.455. The van der Waals surface area contributed by atoms with Gasteiger partial charge in [-0.3, -0.25) is 9.48 Å². The minimum absolute atomic E-state index is 0.259. The van der Waals surface area contributed by atoms with Crippen molar-refractivity contribution < 1.29 is 23.1 Å². The SMILES string of the molecule is CNC1CCc2cc(-c3ccsn3)c(CC3(O)CCN(C(=O)CC(C(F)F)n4ccc(F)n4)CC3)cc21. The lowest BCUT2D eigenvalue weighted by molar-refractivity contribution is -0.137. The molecule has 2 aliphatic rings. The second kappa shape index (κ2) is 10.5. The van der Waals surface area contributed by atoms with Gasteiger partial charge in [-0.25, -0.2) is 8.78 Å². The van der Waals surface area contributed by atoms with E-state index in [0.717, 1.165) is 46.6 Å². The van der Waals surface area contributed by atoms with Crippen LogP contribution in [0.25, 0.3) is 11.3 Å². The normalized spacial score (nSPS) is 19.8. The van der Waals surface area contributed by atoms with E-state index in [1.54, 1.807) is 0 Å². The van der Waals surface area contributed by atoms with Crippen LogP contribution in [0.3, 0.4) is 0 Å². The van der Waals surface area contributed by atoms with E-state index < -0.39 is 36.3 Å². The van der Waals surface area contributed by atoms with Gasteiger partial charge in [0.05, 0.1) is 17.7 Å². The van der Waals surface area contributed by atoms with Crippen molar-refractivity contribution in [2.24, 2.45) is 0 Å². The Morgan fingerprint density at radius 3 is 2.70 bits per heavy atom. The number of aliphatic hydroxyl groups is 1. The second-order valence-electron chi connectivity index (χ2n) is 9.98. The van der Waals surface area contributed by atoms with E-state index in [4.69, 9.17) is 0 Å². The third-order valence-corrected chi connectivity index (χ3v) is 8.22. The molecule has 2 unspecified atom stereocenters. The number of aryl methyl sites for hydroxylation is 1. The molecule has 3 aromatic rings. The first-order valence-corrected chi connectivity index (χ1v) is 13.3. The number of fused-ring (bicyclic) bond motifs is 1. The largest absolute Gasteiger partial charge is 0.389 e. The fraction of sp³-hybridized carbons (Fsp3) is 0.500. The first-order chi connectivity index (χ1) is 17.8. The number of nitrogens with zero attached hydrogens (tertiary/aromatic N) is 4. The van der Waals surface area contributed by atoms with Crippen molar-refractivity contribution in [3.05, 3.63) is 58.5 Å². The first kappa shape index (κ1) is 25.9. The number of amides is 1. The molecule has 1 saturated heterocycles.